The average molecular weight is 223 g/mol. The molecule has 0 aliphatic carbocycles. The molecule has 0 aromatic heterocycles. The summed E-state index contributed by atoms with van der Waals surface area (Å²) < 4.78 is 4.81. The Bertz CT molecular complexity index is 280. The zero-order chi connectivity index (χ0) is 12.4. The molecule has 0 unspecified atom stereocenters. The Morgan fingerprint density at radius 1 is 1.19 bits per heavy atom. The molecule has 1 aromatic carbocycles. The van der Waals surface area contributed by atoms with Gasteiger partial charge in [0.15, 0.2) is 0 Å². The SMILES string of the molecule is CC(=O)OCCc1ccccc1.CN(C)C. The molecule has 0 spiro atoms. The predicted octanol–water partition coefficient (Wildman–Crippen LogP) is 1.97. The summed E-state index contributed by atoms with van der Waals surface area (Å²) in [6.45, 7) is 1.89. The number of carbonyl (C=O) groups excluding carboxylic acids is 1. The van der Waals surface area contributed by atoms with Crippen LogP contribution in [0.3, 0.4) is 0 Å². The number of nitrogens with zero attached hydrogens (tertiary/aromatic N) is 1. The van der Waals surface area contributed by atoms with Crippen molar-refractivity contribution in [2.24, 2.45) is 0 Å². The fourth-order valence-electron chi connectivity index (χ4n) is 0.957. The largest absolute Gasteiger partial charge is 0.466 e. The van der Waals surface area contributed by atoms with Gasteiger partial charge in [0.2, 0.25) is 0 Å². The highest BCUT2D eigenvalue weighted by atomic mass is 16.5. The van der Waals surface area contributed by atoms with Crippen molar-refractivity contribution in [1.29, 1.82) is 0 Å². The Kier molecular flexibility index (Phi) is 8.17. The third-order valence-corrected chi connectivity index (χ3v) is 1.54. The van der Waals surface area contributed by atoms with Gasteiger partial charge < -0.3 is 9.64 Å². The highest BCUT2D eigenvalue weighted by Gasteiger charge is 1.93. The van der Waals surface area contributed by atoms with Crippen molar-refractivity contribution in [2.45, 2.75) is 13.3 Å². The summed E-state index contributed by atoms with van der Waals surface area (Å²) in [6, 6.07) is 9.95. The van der Waals surface area contributed by atoms with E-state index in [9.17, 15) is 4.79 Å². The van der Waals surface area contributed by atoms with Gasteiger partial charge >= 0.3 is 5.97 Å². The molecule has 0 bridgehead atoms. The molecule has 0 heterocycles. The van der Waals surface area contributed by atoms with Crippen molar-refractivity contribution in [1.82, 2.24) is 4.90 Å². The van der Waals surface area contributed by atoms with Gasteiger partial charge in [-0.2, -0.15) is 0 Å². The van der Waals surface area contributed by atoms with Gasteiger partial charge in [-0.1, -0.05) is 30.3 Å². The molecule has 0 amide bonds. The van der Waals surface area contributed by atoms with E-state index in [0.29, 0.717) is 6.61 Å². The lowest BCUT2D eigenvalue weighted by Crippen LogP contribution is -2.02. The Labute approximate surface area is 98.0 Å². The van der Waals surface area contributed by atoms with Crippen molar-refractivity contribution in [3.05, 3.63) is 35.9 Å². The molecular formula is C13H21NO2. The molecule has 1 rings (SSSR count). The third-order valence-electron chi connectivity index (χ3n) is 1.54. The first-order valence-electron chi connectivity index (χ1n) is 5.30. The number of ether oxygens (including phenoxy) is 1. The van der Waals surface area contributed by atoms with Gasteiger partial charge in [0.1, 0.15) is 0 Å². The maximum atomic E-state index is 10.4. The predicted molar refractivity (Wildman–Crippen MR) is 66.4 cm³/mol. The molecule has 0 aliphatic rings. The summed E-state index contributed by atoms with van der Waals surface area (Å²) in [5.74, 6) is -0.217. The van der Waals surface area contributed by atoms with Gasteiger partial charge in [0.05, 0.1) is 6.61 Å². The van der Waals surface area contributed by atoms with Crippen LogP contribution in [0, 0.1) is 0 Å². The Morgan fingerprint density at radius 2 is 1.69 bits per heavy atom. The summed E-state index contributed by atoms with van der Waals surface area (Å²) >= 11 is 0. The molecule has 90 valence electrons. The molecular weight excluding hydrogens is 202 g/mol. The Morgan fingerprint density at radius 3 is 2.12 bits per heavy atom. The second-order valence-corrected chi connectivity index (χ2v) is 3.92. The van der Waals surface area contributed by atoms with Gasteiger partial charge in [-0.05, 0) is 26.7 Å². The van der Waals surface area contributed by atoms with Crippen LogP contribution in [-0.4, -0.2) is 38.6 Å². The number of rotatable bonds is 3. The number of hydrogen-bond acceptors (Lipinski definition) is 3. The zero-order valence-electron chi connectivity index (χ0n) is 10.6. The number of hydrogen-bond donors (Lipinski definition) is 0. The maximum Gasteiger partial charge on any atom is 0.302 e. The fraction of sp³-hybridized carbons (Fsp3) is 0.462. The standard InChI is InChI=1S/C10H12O2.C3H9N/c1-9(11)12-8-7-10-5-3-2-4-6-10;1-4(2)3/h2-6H,7-8H2,1H3;1-3H3. The van der Waals surface area contributed by atoms with E-state index in [4.69, 9.17) is 4.74 Å². The topological polar surface area (TPSA) is 29.5 Å². The molecule has 0 radical (unpaired) electrons. The zero-order valence-corrected chi connectivity index (χ0v) is 10.6. The van der Waals surface area contributed by atoms with Crippen molar-refractivity contribution < 1.29 is 9.53 Å². The van der Waals surface area contributed by atoms with E-state index in [-0.39, 0.29) is 5.97 Å². The van der Waals surface area contributed by atoms with Crippen LogP contribution in [0.25, 0.3) is 0 Å². The lowest BCUT2D eigenvalue weighted by molar-refractivity contribution is -0.140. The molecule has 0 saturated heterocycles. The highest BCUT2D eigenvalue weighted by molar-refractivity contribution is 5.65. The lowest BCUT2D eigenvalue weighted by atomic mass is 10.2. The summed E-state index contributed by atoms with van der Waals surface area (Å²) in [4.78, 5) is 12.4. The van der Waals surface area contributed by atoms with Gasteiger partial charge in [-0.25, -0.2) is 0 Å². The molecule has 0 atom stereocenters. The van der Waals surface area contributed by atoms with Crippen LogP contribution in [0.15, 0.2) is 30.3 Å². The lowest BCUT2D eigenvalue weighted by Gasteiger charge is -2.00. The van der Waals surface area contributed by atoms with E-state index >= 15 is 0 Å². The first kappa shape index (κ1) is 14.6. The summed E-state index contributed by atoms with van der Waals surface area (Å²) in [5, 5.41) is 0. The fourth-order valence-corrected chi connectivity index (χ4v) is 0.957. The van der Waals surface area contributed by atoms with E-state index in [2.05, 4.69) is 0 Å². The number of benzene rings is 1. The van der Waals surface area contributed by atoms with E-state index < -0.39 is 0 Å². The van der Waals surface area contributed by atoms with Crippen molar-refractivity contribution >= 4 is 5.97 Å². The molecule has 16 heavy (non-hydrogen) atoms. The molecule has 0 fully saturated rings. The Hall–Kier alpha value is -1.35. The van der Waals surface area contributed by atoms with Gasteiger partial charge in [-0.15, -0.1) is 0 Å². The van der Waals surface area contributed by atoms with E-state index in [1.807, 2.05) is 56.4 Å². The molecule has 0 saturated carbocycles. The molecule has 3 heteroatoms. The number of carbonyl (C=O) groups is 1. The van der Waals surface area contributed by atoms with E-state index in [1.165, 1.54) is 12.5 Å². The maximum absolute atomic E-state index is 10.4. The van der Waals surface area contributed by atoms with Crippen LogP contribution in [0.4, 0.5) is 0 Å². The van der Waals surface area contributed by atoms with Crippen LogP contribution in [-0.2, 0) is 16.0 Å². The average Bonchev–Trinajstić information content (AvgIpc) is 2.18. The van der Waals surface area contributed by atoms with E-state index in [0.717, 1.165) is 6.42 Å². The van der Waals surface area contributed by atoms with Crippen LogP contribution in [0.1, 0.15) is 12.5 Å². The van der Waals surface area contributed by atoms with Gasteiger partial charge in [0, 0.05) is 13.3 Å². The molecule has 0 N–H and O–H groups in total. The van der Waals surface area contributed by atoms with Crippen molar-refractivity contribution in [3.8, 4) is 0 Å². The molecule has 1 aromatic rings. The Balaban J connectivity index is 0.000000487. The smallest absolute Gasteiger partial charge is 0.302 e. The van der Waals surface area contributed by atoms with Crippen molar-refractivity contribution in [3.63, 3.8) is 0 Å². The van der Waals surface area contributed by atoms with Crippen LogP contribution in [0.2, 0.25) is 0 Å². The second-order valence-electron chi connectivity index (χ2n) is 3.92. The molecule has 3 nitrogen and oxygen atoms in total. The normalized spacial score (nSPS) is 9.31. The summed E-state index contributed by atoms with van der Waals surface area (Å²) in [7, 11) is 6.00. The summed E-state index contributed by atoms with van der Waals surface area (Å²) in [6.07, 6.45) is 0.792. The van der Waals surface area contributed by atoms with Gasteiger partial charge in [0.25, 0.3) is 0 Å². The van der Waals surface area contributed by atoms with Crippen molar-refractivity contribution in [2.75, 3.05) is 27.7 Å². The minimum atomic E-state index is -0.217. The first-order valence-corrected chi connectivity index (χ1v) is 5.30. The minimum Gasteiger partial charge on any atom is -0.466 e. The van der Waals surface area contributed by atoms with Crippen LogP contribution >= 0.6 is 0 Å². The summed E-state index contributed by atoms with van der Waals surface area (Å²) in [5.41, 5.74) is 1.19. The molecule has 0 aliphatic heterocycles. The van der Waals surface area contributed by atoms with Crippen LogP contribution < -0.4 is 0 Å². The quantitative estimate of drug-likeness (QED) is 0.734. The third kappa shape index (κ3) is 10.7. The van der Waals surface area contributed by atoms with Crippen LogP contribution in [0.5, 0.6) is 0 Å². The monoisotopic (exact) mass is 223 g/mol. The number of esters is 1. The van der Waals surface area contributed by atoms with Gasteiger partial charge in [-0.3, -0.25) is 4.79 Å². The van der Waals surface area contributed by atoms with E-state index in [1.54, 1.807) is 0 Å². The minimum absolute atomic E-state index is 0.217. The second kappa shape index (κ2) is 8.92. The highest BCUT2D eigenvalue weighted by Crippen LogP contribution is 1.99. The first-order chi connectivity index (χ1) is 7.52.